The van der Waals surface area contributed by atoms with Crippen molar-refractivity contribution in [2.75, 3.05) is 5.73 Å². The standard InChI is InChI=1S/C20H15N3/c1-12-6-5-9-16-18(12)19-17(23-16)10-14(15(11-21)20(19)22)13-7-3-2-4-8-13/h2-10,23H,22H2,1H3. The second kappa shape index (κ2) is 4.89. The van der Waals surface area contributed by atoms with E-state index in [4.69, 9.17) is 5.73 Å². The minimum absolute atomic E-state index is 0.535. The number of aryl methyl sites for hydroxylation is 1. The van der Waals surface area contributed by atoms with Crippen LogP contribution >= 0.6 is 0 Å². The number of fused-ring (bicyclic) bond motifs is 3. The number of hydrogen-bond donors (Lipinski definition) is 2. The second-order valence-corrected chi connectivity index (χ2v) is 5.74. The molecule has 0 fully saturated rings. The minimum atomic E-state index is 0.535. The van der Waals surface area contributed by atoms with E-state index < -0.39 is 0 Å². The largest absolute Gasteiger partial charge is 0.397 e. The molecule has 0 aliphatic rings. The van der Waals surface area contributed by atoms with Crippen molar-refractivity contribution in [1.29, 1.82) is 5.26 Å². The Balaban J connectivity index is 2.18. The lowest BCUT2D eigenvalue weighted by atomic mass is 9.95. The van der Waals surface area contributed by atoms with Gasteiger partial charge in [-0.25, -0.2) is 0 Å². The van der Waals surface area contributed by atoms with Gasteiger partial charge in [-0.15, -0.1) is 0 Å². The molecule has 23 heavy (non-hydrogen) atoms. The molecule has 0 aliphatic carbocycles. The van der Waals surface area contributed by atoms with Gasteiger partial charge in [0.25, 0.3) is 0 Å². The number of nitrogens with one attached hydrogen (secondary N) is 1. The molecule has 0 bridgehead atoms. The average molecular weight is 297 g/mol. The molecule has 3 nitrogen and oxygen atoms in total. The number of nitriles is 1. The first kappa shape index (κ1) is 13.4. The quantitative estimate of drug-likeness (QED) is 0.498. The van der Waals surface area contributed by atoms with Crippen LogP contribution in [0.15, 0.2) is 54.6 Å². The molecule has 4 aromatic rings. The monoisotopic (exact) mass is 297 g/mol. The Morgan fingerprint density at radius 1 is 0.957 bits per heavy atom. The maximum Gasteiger partial charge on any atom is 0.102 e. The predicted octanol–water partition coefficient (Wildman–Crippen LogP) is 4.75. The van der Waals surface area contributed by atoms with Gasteiger partial charge in [0.05, 0.1) is 11.3 Å². The lowest BCUT2D eigenvalue weighted by molar-refractivity contribution is 1.48. The molecule has 3 N–H and O–H groups in total. The second-order valence-electron chi connectivity index (χ2n) is 5.74. The first-order valence-electron chi connectivity index (χ1n) is 7.49. The average Bonchev–Trinajstić information content (AvgIpc) is 2.95. The summed E-state index contributed by atoms with van der Waals surface area (Å²) in [6.07, 6.45) is 0. The van der Waals surface area contributed by atoms with Crippen molar-refractivity contribution < 1.29 is 0 Å². The fourth-order valence-electron chi connectivity index (χ4n) is 3.29. The summed E-state index contributed by atoms with van der Waals surface area (Å²) < 4.78 is 0. The molecule has 3 aromatic carbocycles. The summed E-state index contributed by atoms with van der Waals surface area (Å²) in [6, 6.07) is 20.3. The normalized spacial score (nSPS) is 11.0. The molecule has 0 amide bonds. The smallest absolute Gasteiger partial charge is 0.102 e. The topological polar surface area (TPSA) is 65.6 Å². The van der Waals surface area contributed by atoms with Crippen LogP contribution in [-0.4, -0.2) is 4.98 Å². The highest BCUT2D eigenvalue weighted by molar-refractivity contribution is 6.16. The van der Waals surface area contributed by atoms with Gasteiger partial charge < -0.3 is 10.7 Å². The summed E-state index contributed by atoms with van der Waals surface area (Å²) in [5.41, 5.74) is 12.5. The summed E-state index contributed by atoms with van der Waals surface area (Å²) in [5, 5.41) is 11.7. The SMILES string of the molecule is Cc1cccc2[nH]c3cc(-c4ccccc4)c(C#N)c(N)c3c12. The van der Waals surface area contributed by atoms with Crippen LogP contribution in [0, 0.1) is 18.3 Å². The molecule has 0 saturated carbocycles. The first-order chi connectivity index (χ1) is 11.2. The van der Waals surface area contributed by atoms with Crippen LogP contribution in [-0.2, 0) is 0 Å². The Hall–Kier alpha value is -3.25. The molecule has 0 unspecified atom stereocenters. The molecule has 1 heterocycles. The molecular weight excluding hydrogens is 282 g/mol. The van der Waals surface area contributed by atoms with Gasteiger partial charge in [0.15, 0.2) is 0 Å². The Morgan fingerprint density at radius 3 is 2.48 bits per heavy atom. The summed E-state index contributed by atoms with van der Waals surface area (Å²) in [7, 11) is 0. The number of H-pyrrole nitrogens is 1. The minimum Gasteiger partial charge on any atom is -0.397 e. The van der Waals surface area contributed by atoms with E-state index >= 15 is 0 Å². The maximum absolute atomic E-state index is 9.66. The Morgan fingerprint density at radius 2 is 1.74 bits per heavy atom. The number of aromatic nitrogens is 1. The summed E-state index contributed by atoms with van der Waals surface area (Å²) in [4.78, 5) is 3.43. The zero-order chi connectivity index (χ0) is 16.0. The van der Waals surface area contributed by atoms with Crippen molar-refractivity contribution in [2.45, 2.75) is 6.92 Å². The van der Waals surface area contributed by atoms with Crippen molar-refractivity contribution >= 4 is 27.5 Å². The third-order valence-electron chi connectivity index (χ3n) is 4.35. The van der Waals surface area contributed by atoms with Crippen molar-refractivity contribution in [3.63, 3.8) is 0 Å². The molecule has 4 rings (SSSR count). The van der Waals surface area contributed by atoms with Gasteiger partial charge in [-0.05, 0) is 30.2 Å². The van der Waals surface area contributed by atoms with Crippen molar-refractivity contribution in [3.8, 4) is 17.2 Å². The van der Waals surface area contributed by atoms with E-state index in [0.717, 1.165) is 38.5 Å². The number of rotatable bonds is 1. The lowest BCUT2D eigenvalue weighted by Crippen LogP contribution is -1.95. The summed E-state index contributed by atoms with van der Waals surface area (Å²) >= 11 is 0. The zero-order valence-corrected chi connectivity index (χ0v) is 12.7. The number of aromatic amines is 1. The van der Waals surface area contributed by atoms with Crippen LogP contribution in [0.3, 0.4) is 0 Å². The van der Waals surface area contributed by atoms with Crippen molar-refractivity contribution in [2.24, 2.45) is 0 Å². The lowest BCUT2D eigenvalue weighted by Gasteiger charge is -2.09. The summed E-state index contributed by atoms with van der Waals surface area (Å²) in [6.45, 7) is 2.06. The van der Waals surface area contributed by atoms with Crippen molar-refractivity contribution in [1.82, 2.24) is 4.98 Å². The molecule has 1 aromatic heterocycles. The van der Waals surface area contributed by atoms with Crippen LogP contribution in [0.5, 0.6) is 0 Å². The van der Waals surface area contributed by atoms with Gasteiger partial charge in [-0.1, -0.05) is 42.5 Å². The van der Waals surface area contributed by atoms with Gasteiger partial charge in [-0.3, -0.25) is 0 Å². The predicted molar refractivity (Wildman–Crippen MR) is 95.1 cm³/mol. The number of nitrogen functional groups attached to an aromatic ring is 1. The zero-order valence-electron chi connectivity index (χ0n) is 12.7. The number of nitrogens with zero attached hydrogens (tertiary/aromatic N) is 1. The third-order valence-corrected chi connectivity index (χ3v) is 4.35. The molecule has 3 heteroatoms. The van der Waals surface area contributed by atoms with Crippen LogP contribution in [0.25, 0.3) is 32.9 Å². The van der Waals surface area contributed by atoms with Gasteiger partial charge in [0.1, 0.15) is 6.07 Å². The van der Waals surface area contributed by atoms with Crippen LogP contribution < -0.4 is 5.73 Å². The van der Waals surface area contributed by atoms with Gasteiger partial charge in [0.2, 0.25) is 0 Å². The van der Waals surface area contributed by atoms with E-state index in [9.17, 15) is 5.26 Å². The van der Waals surface area contributed by atoms with Crippen LogP contribution in [0.1, 0.15) is 11.1 Å². The van der Waals surface area contributed by atoms with E-state index in [-0.39, 0.29) is 0 Å². The molecule has 0 saturated heterocycles. The fourth-order valence-corrected chi connectivity index (χ4v) is 3.29. The highest BCUT2D eigenvalue weighted by Gasteiger charge is 2.17. The van der Waals surface area contributed by atoms with Crippen LogP contribution in [0.4, 0.5) is 5.69 Å². The number of anilines is 1. The van der Waals surface area contributed by atoms with Gasteiger partial charge >= 0.3 is 0 Å². The van der Waals surface area contributed by atoms with E-state index in [2.05, 4.69) is 24.0 Å². The Labute approximate surface area is 134 Å². The van der Waals surface area contributed by atoms with Gasteiger partial charge in [0, 0.05) is 27.4 Å². The Kier molecular flexibility index (Phi) is 2.85. The maximum atomic E-state index is 9.66. The highest BCUT2D eigenvalue weighted by atomic mass is 14.7. The molecule has 0 radical (unpaired) electrons. The van der Waals surface area contributed by atoms with Crippen molar-refractivity contribution in [3.05, 3.63) is 65.7 Å². The molecule has 0 spiro atoms. The molecular formula is C20H15N3. The van der Waals surface area contributed by atoms with E-state index in [1.807, 2.05) is 48.5 Å². The highest BCUT2D eigenvalue weighted by Crippen LogP contribution is 2.38. The number of nitrogens with two attached hydrogens (primary N) is 1. The van der Waals surface area contributed by atoms with Gasteiger partial charge in [-0.2, -0.15) is 5.26 Å². The number of hydrogen-bond acceptors (Lipinski definition) is 2. The molecule has 0 aliphatic heterocycles. The third kappa shape index (κ3) is 1.89. The Bertz CT molecular complexity index is 1080. The van der Waals surface area contributed by atoms with E-state index in [1.165, 1.54) is 0 Å². The fraction of sp³-hybridized carbons (Fsp3) is 0.0500. The van der Waals surface area contributed by atoms with E-state index in [1.54, 1.807) is 0 Å². The van der Waals surface area contributed by atoms with E-state index in [0.29, 0.717) is 11.3 Å². The molecule has 0 atom stereocenters. The van der Waals surface area contributed by atoms with Crippen LogP contribution in [0.2, 0.25) is 0 Å². The summed E-state index contributed by atoms with van der Waals surface area (Å²) in [5.74, 6) is 0. The molecule has 110 valence electrons. The number of benzene rings is 3. The first-order valence-corrected chi connectivity index (χ1v) is 7.49.